The fraction of sp³-hybridized carbons (Fsp3) is 0.364. The molecule has 1 aliphatic heterocycles. The third-order valence-corrected chi connectivity index (χ3v) is 2.34. The number of hydrogen-bond acceptors (Lipinski definition) is 2. The second-order valence-corrected chi connectivity index (χ2v) is 3.29. The molecule has 0 fully saturated rings. The lowest BCUT2D eigenvalue weighted by molar-refractivity contribution is -0.127. The highest BCUT2D eigenvalue weighted by Crippen LogP contribution is 2.22. The van der Waals surface area contributed by atoms with Gasteiger partial charge in [-0.1, -0.05) is 18.2 Å². The first-order valence-corrected chi connectivity index (χ1v) is 4.81. The summed E-state index contributed by atoms with van der Waals surface area (Å²) in [4.78, 5) is 11.5. The third kappa shape index (κ3) is 1.63. The van der Waals surface area contributed by atoms with Crippen molar-refractivity contribution in [3.8, 4) is 0 Å². The maximum atomic E-state index is 11.5. The molecule has 0 bridgehead atoms. The van der Waals surface area contributed by atoms with Gasteiger partial charge < -0.3 is 10.1 Å². The summed E-state index contributed by atoms with van der Waals surface area (Å²) < 4.78 is 5.34. The van der Waals surface area contributed by atoms with Crippen molar-refractivity contribution < 1.29 is 9.53 Å². The van der Waals surface area contributed by atoms with E-state index in [1.54, 1.807) is 0 Å². The average Bonchev–Trinajstić information content (AvgIpc) is 2.19. The number of nitrogens with one attached hydrogen (secondary N) is 1. The highest BCUT2D eigenvalue weighted by molar-refractivity contribution is 5.97. The lowest BCUT2D eigenvalue weighted by Crippen LogP contribution is -2.36. The second-order valence-electron chi connectivity index (χ2n) is 3.29. The average molecular weight is 191 g/mol. The maximum Gasteiger partial charge on any atom is 0.253 e. The molecule has 1 atom stereocenters. The smallest absolute Gasteiger partial charge is 0.253 e. The summed E-state index contributed by atoms with van der Waals surface area (Å²) in [5.41, 5.74) is 2.05. The van der Waals surface area contributed by atoms with E-state index in [0.717, 1.165) is 11.3 Å². The molecule has 0 radical (unpaired) electrons. The molecule has 3 nitrogen and oxygen atoms in total. The summed E-state index contributed by atoms with van der Waals surface area (Å²) in [5, 5.41) is 2.83. The minimum absolute atomic E-state index is 0.0365. The van der Waals surface area contributed by atoms with Gasteiger partial charge in [0.05, 0.1) is 0 Å². The van der Waals surface area contributed by atoms with Crippen molar-refractivity contribution in [2.75, 3.05) is 11.9 Å². The monoisotopic (exact) mass is 191 g/mol. The number of fused-ring (bicyclic) bond motifs is 1. The molecular formula is C11H13NO2. The number of ether oxygens (including phenoxy) is 1. The van der Waals surface area contributed by atoms with Crippen LogP contribution < -0.4 is 5.32 Å². The zero-order valence-corrected chi connectivity index (χ0v) is 8.12. The van der Waals surface area contributed by atoms with Gasteiger partial charge in [0.1, 0.15) is 6.10 Å². The number of benzene rings is 1. The normalized spacial score (nSPS) is 20.1. The van der Waals surface area contributed by atoms with Crippen molar-refractivity contribution in [3.63, 3.8) is 0 Å². The Kier molecular flexibility index (Phi) is 2.50. The van der Waals surface area contributed by atoms with E-state index in [1.165, 1.54) is 0 Å². The Morgan fingerprint density at radius 2 is 2.29 bits per heavy atom. The molecule has 0 spiro atoms. The van der Waals surface area contributed by atoms with Crippen LogP contribution in [0.4, 0.5) is 5.69 Å². The Labute approximate surface area is 83.1 Å². The molecule has 1 aliphatic rings. The molecule has 0 saturated heterocycles. The lowest BCUT2D eigenvalue weighted by Gasteiger charge is -2.24. The molecule has 2 rings (SSSR count). The minimum atomic E-state index is -0.324. The van der Waals surface area contributed by atoms with E-state index >= 15 is 0 Å². The summed E-state index contributed by atoms with van der Waals surface area (Å²) >= 11 is 0. The minimum Gasteiger partial charge on any atom is -0.368 e. The van der Waals surface area contributed by atoms with E-state index in [4.69, 9.17) is 4.74 Å². The number of anilines is 1. The Bertz CT molecular complexity index is 349. The van der Waals surface area contributed by atoms with Crippen molar-refractivity contribution in [1.82, 2.24) is 0 Å². The number of para-hydroxylation sites is 1. The van der Waals surface area contributed by atoms with Crippen LogP contribution in [-0.2, 0) is 16.0 Å². The fourth-order valence-corrected chi connectivity index (χ4v) is 1.66. The van der Waals surface area contributed by atoms with Gasteiger partial charge in [0.15, 0.2) is 0 Å². The molecule has 3 heteroatoms. The van der Waals surface area contributed by atoms with E-state index in [2.05, 4.69) is 5.32 Å². The first-order valence-electron chi connectivity index (χ1n) is 4.81. The zero-order chi connectivity index (χ0) is 9.97. The van der Waals surface area contributed by atoms with Crippen LogP contribution in [0, 0.1) is 0 Å². The predicted molar refractivity (Wildman–Crippen MR) is 54.2 cm³/mol. The molecule has 1 amide bonds. The number of carbonyl (C=O) groups is 1. The van der Waals surface area contributed by atoms with Crippen molar-refractivity contribution in [3.05, 3.63) is 29.8 Å². The van der Waals surface area contributed by atoms with E-state index in [-0.39, 0.29) is 12.0 Å². The van der Waals surface area contributed by atoms with E-state index in [9.17, 15) is 4.79 Å². The van der Waals surface area contributed by atoms with E-state index in [1.807, 2.05) is 31.2 Å². The van der Waals surface area contributed by atoms with E-state index in [0.29, 0.717) is 13.0 Å². The summed E-state index contributed by atoms with van der Waals surface area (Å²) in [6, 6.07) is 7.82. The number of rotatable bonds is 2. The molecule has 1 aromatic carbocycles. The van der Waals surface area contributed by atoms with Crippen molar-refractivity contribution >= 4 is 11.6 Å². The quantitative estimate of drug-likeness (QED) is 0.770. The zero-order valence-electron chi connectivity index (χ0n) is 8.12. The number of carbonyl (C=O) groups excluding carboxylic acids is 1. The van der Waals surface area contributed by atoms with Gasteiger partial charge in [0, 0.05) is 18.7 Å². The van der Waals surface area contributed by atoms with Gasteiger partial charge in [-0.3, -0.25) is 4.79 Å². The Balaban J connectivity index is 2.22. The highest BCUT2D eigenvalue weighted by atomic mass is 16.5. The fourth-order valence-electron chi connectivity index (χ4n) is 1.66. The molecule has 74 valence electrons. The van der Waals surface area contributed by atoms with Crippen LogP contribution in [0.25, 0.3) is 0 Å². The molecule has 1 unspecified atom stereocenters. The topological polar surface area (TPSA) is 38.3 Å². The summed E-state index contributed by atoms with van der Waals surface area (Å²) in [5.74, 6) is -0.0365. The predicted octanol–water partition coefficient (Wildman–Crippen LogP) is 1.59. The van der Waals surface area contributed by atoms with Crippen LogP contribution in [0.15, 0.2) is 24.3 Å². The molecule has 1 heterocycles. The first kappa shape index (κ1) is 9.21. The van der Waals surface area contributed by atoms with Crippen molar-refractivity contribution in [2.45, 2.75) is 19.4 Å². The summed E-state index contributed by atoms with van der Waals surface area (Å²) in [6.07, 6.45) is 0.352. The summed E-state index contributed by atoms with van der Waals surface area (Å²) in [7, 11) is 0. The van der Waals surface area contributed by atoms with Gasteiger partial charge in [-0.15, -0.1) is 0 Å². The van der Waals surface area contributed by atoms with Gasteiger partial charge in [0.2, 0.25) is 0 Å². The Morgan fingerprint density at radius 3 is 3.07 bits per heavy atom. The molecule has 0 saturated carbocycles. The largest absolute Gasteiger partial charge is 0.368 e. The van der Waals surface area contributed by atoms with Crippen molar-refractivity contribution in [1.29, 1.82) is 0 Å². The Morgan fingerprint density at radius 1 is 1.50 bits per heavy atom. The van der Waals surface area contributed by atoms with Crippen LogP contribution in [0.3, 0.4) is 0 Å². The number of amides is 1. The third-order valence-electron chi connectivity index (χ3n) is 2.34. The van der Waals surface area contributed by atoms with Gasteiger partial charge in [-0.05, 0) is 18.6 Å². The molecule has 0 aliphatic carbocycles. The highest BCUT2D eigenvalue weighted by Gasteiger charge is 2.25. The maximum absolute atomic E-state index is 11.5. The van der Waals surface area contributed by atoms with Crippen molar-refractivity contribution in [2.24, 2.45) is 0 Å². The Hall–Kier alpha value is -1.35. The van der Waals surface area contributed by atoms with Crippen LogP contribution in [0.1, 0.15) is 12.5 Å². The molecule has 1 N–H and O–H groups in total. The van der Waals surface area contributed by atoms with Crippen LogP contribution in [0.2, 0.25) is 0 Å². The molecule has 0 aromatic heterocycles. The van der Waals surface area contributed by atoms with Gasteiger partial charge in [0.25, 0.3) is 5.91 Å². The van der Waals surface area contributed by atoms with Crippen LogP contribution in [-0.4, -0.2) is 18.6 Å². The van der Waals surface area contributed by atoms with Crippen LogP contribution in [0.5, 0.6) is 0 Å². The molecule has 14 heavy (non-hydrogen) atoms. The molecule has 1 aromatic rings. The van der Waals surface area contributed by atoms with Gasteiger partial charge in [-0.25, -0.2) is 0 Å². The second kappa shape index (κ2) is 3.80. The van der Waals surface area contributed by atoms with Gasteiger partial charge >= 0.3 is 0 Å². The van der Waals surface area contributed by atoms with E-state index < -0.39 is 0 Å². The molecular weight excluding hydrogens is 178 g/mol. The standard InChI is InChI=1S/C11H13NO2/c1-2-14-10-7-8-5-3-4-6-9(8)12-11(10)13/h3-6,10H,2,7H2,1H3,(H,12,13). The SMILES string of the molecule is CCOC1Cc2ccccc2NC1=O. The van der Waals surface area contributed by atoms with Crippen LogP contribution >= 0.6 is 0 Å². The first-order chi connectivity index (χ1) is 6.81. The van der Waals surface area contributed by atoms with Gasteiger partial charge in [-0.2, -0.15) is 0 Å². The summed E-state index contributed by atoms with van der Waals surface area (Å²) in [6.45, 7) is 2.47. The lowest BCUT2D eigenvalue weighted by atomic mass is 10.0. The number of hydrogen-bond donors (Lipinski definition) is 1.